The summed E-state index contributed by atoms with van der Waals surface area (Å²) >= 11 is 0. The Morgan fingerprint density at radius 2 is 1.96 bits per heavy atom. The molecule has 0 aliphatic carbocycles. The Kier molecular flexibility index (Phi) is 4.92. The van der Waals surface area contributed by atoms with Gasteiger partial charge in [0.15, 0.2) is 0 Å². The Labute approximate surface area is 139 Å². The number of piperazine rings is 1. The van der Waals surface area contributed by atoms with Crippen molar-refractivity contribution in [2.75, 3.05) is 32.7 Å². The van der Waals surface area contributed by atoms with E-state index in [0.29, 0.717) is 30.9 Å². The number of β-amino-alcohol motifs (C(OH)–C–C–N with tert-alkyl or cyclic N) is 1. The first-order valence-electron chi connectivity index (χ1n) is 8.03. The van der Waals surface area contributed by atoms with E-state index in [-0.39, 0.29) is 17.8 Å². The molecule has 2 aromatic rings. The molecule has 2 N–H and O–H groups in total. The molecule has 1 aliphatic rings. The second kappa shape index (κ2) is 7.11. The monoisotopic (exact) mass is 332 g/mol. The number of H-pyrrole nitrogens is 1. The third kappa shape index (κ3) is 3.63. The van der Waals surface area contributed by atoms with Crippen LogP contribution in [-0.2, 0) is 0 Å². The van der Waals surface area contributed by atoms with Gasteiger partial charge in [0.2, 0.25) is 0 Å². The summed E-state index contributed by atoms with van der Waals surface area (Å²) in [6.45, 7) is 5.08. The molecule has 0 unspecified atom stereocenters. The van der Waals surface area contributed by atoms with Crippen molar-refractivity contribution in [2.24, 2.45) is 0 Å². The first kappa shape index (κ1) is 16.6. The van der Waals surface area contributed by atoms with Crippen LogP contribution in [0.4, 0.5) is 4.39 Å². The molecule has 1 fully saturated rings. The lowest BCUT2D eigenvalue weighted by Crippen LogP contribution is -2.50. The number of aliphatic hydroxyl groups is 1. The molecule has 24 heavy (non-hydrogen) atoms. The van der Waals surface area contributed by atoms with E-state index < -0.39 is 0 Å². The number of halogens is 1. The van der Waals surface area contributed by atoms with Gasteiger partial charge in [-0.05, 0) is 31.2 Å². The molecule has 7 heteroatoms. The van der Waals surface area contributed by atoms with Gasteiger partial charge in [-0.1, -0.05) is 0 Å². The number of hydrogen-bond donors (Lipinski definition) is 2. The summed E-state index contributed by atoms with van der Waals surface area (Å²) < 4.78 is 13.1. The maximum Gasteiger partial charge on any atom is 0.257 e. The van der Waals surface area contributed by atoms with E-state index in [1.54, 1.807) is 24.0 Å². The summed E-state index contributed by atoms with van der Waals surface area (Å²) in [6, 6.07) is 5.97. The van der Waals surface area contributed by atoms with Gasteiger partial charge in [0.25, 0.3) is 5.91 Å². The number of rotatable bonds is 4. The number of carbonyl (C=O) groups is 1. The van der Waals surface area contributed by atoms with Crippen molar-refractivity contribution in [3.05, 3.63) is 41.8 Å². The van der Waals surface area contributed by atoms with Gasteiger partial charge >= 0.3 is 0 Å². The van der Waals surface area contributed by atoms with Crippen LogP contribution in [0.5, 0.6) is 0 Å². The van der Waals surface area contributed by atoms with Crippen molar-refractivity contribution in [1.29, 1.82) is 0 Å². The van der Waals surface area contributed by atoms with Gasteiger partial charge in [0, 0.05) is 38.3 Å². The van der Waals surface area contributed by atoms with E-state index in [0.717, 1.165) is 18.7 Å². The van der Waals surface area contributed by atoms with Gasteiger partial charge in [-0.15, -0.1) is 0 Å². The first-order valence-corrected chi connectivity index (χ1v) is 8.03. The number of hydrogen-bond acceptors (Lipinski definition) is 4. The Hall–Kier alpha value is -2.25. The van der Waals surface area contributed by atoms with Crippen molar-refractivity contribution >= 4 is 5.91 Å². The predicted octanol–water partition coefficient (Wildman–Crippen LogP) is 1.35. The number of aliphatic hydroxyl groups excluding tert-OH is 1. The van der Waals surface area contributed by atoms with E-state index >= 15 is 0 Å². The molecule has 6 nitrogen and oxygen atoms in total. The third-order valence-corrected chi connectivity index (χ3v) is 4.18. The van der Waals surface area contributed by atoms with Gasteiger partial charge in [-0.3, -0.25) is 14.8 Å². The number of nitrogens with one attached hydrogen (secondary N) is 1. The van der Waals surface area contributed by atoms with Gasteiger partial charge in [-0.25, -0.2) is 4.39 Å². The number of nitrogens with zero attached hydrogens (tertiary/aromatic N) is 3. The van der Waals surface area contributed by atoms with E-state index in [1.807, 2.05) is 0 Å². The summed E-state index contributed by atoms with van der Waals surface area (Å²) in [5.74, 6) is -0.403. The third-order valence-electron chi connectivity index (χ3n) is 4.18. The highest BCUT2D eigenvalue weighted by Gasteiger charge is 2.25. The minimum Gasteiger partial charge on any atom is -0.392 e. The van der Waals surface area contributed by atoms with Crippen molar-refractivity contribution in [3.8, 4) is 11.3 Å². The van der Waals surface area contributed by atoms with Crippen LogP contribution in [0.15, 0.2) is 30.5 Å². The molecule has 1 saturated heterocycles. The summed E-state index contributed by atoms with van der Waals surface area (Å²) in [6.07, 6.45) is 1.15. The fourth-order valence-corrected chi connectivity index (χ4v) is 2.96. The fraction of sp³-hybridized carbons (Fsp3) is 0.412. The molecule has 0 radical (unpaired) electrons. The summed E-state index contributed by atoms with van der Waals surface area (Å²) in [5, 5.41) is 16.3. The largest absolute Gasteiger partial charge is 0.392 e. The van der Waals surface area contributed by atoms with Crippen molar-refractivity contribution in [3.63, 3.8) is 0 Å². The lowest BCUT2D eigenvalue weighted by molar-refractivity contribution is 0.0555. The summed E-state index contributed by atoms with van der Waals surface area (Å²) in [5.41, 5.74) is 1.82. The number of aromatic nitrogens is 2. The van der Waals surface area contributed by atoms with E-state index in [1.165, 1.54) is 18.3 Å². The summed E-state index contributed by atoms with van der Waals surface area (Å²) in [7, 11) is 0. The van der Waals surface area contributed by atoms with Crippen molar-refractivity contribution in [2.45, 2.75) is 13.0 Å². The molecule has 128 valence electrons. The predicted molar refractivity (Wildman–Crippen MR) is 88.0 cm³/mol. The summed E-state index contributed by atoms with van der Waals surface area (Å²) in [4.78, 5) is 16.7. The van der Waals surface area contributed by atoms with Gasteiger partial charge in [0.1, 0.15) is 5.82 Å². The van der Waals surface area contributed by atoms with Crippen LogP contribution >= 0.6 is 0 Å². The molecular weight excluding hydrogens is 311 g/mol. The Balaban J connectivity index is 1.71. The maximum absolute atomic E-state index is 13.1. The molecule has 3 rings (SSSR count). The number of benzene rings is 1. The van der Waals surface area contributed by atoms with Crippen LogP contribution in [0.1, 0.15) is 17.3 Å². The highest BCUT2D eigenvalue weighted by molar-refractivity contribution is 5.99. The molecular formula is C17H21FN4O2. The Morgan fingerprint density at radius 3 is 2.58 bits per heavy atom. The van der Waals surface area contributed by atoms with Crippen LogP contribution < -0.4 is 0 Å². The quantitative estimate of drug-likeness (QED) is 0.887. The minimum absolute atomic E-state index is 0.0835. The minimum atomic E-state index is -0.369. The van der Waals surface area contributed by atoms with Crippen molar-refractivity contribution in [1.82, 2.24) is 20.0 Å². The van der Waals surface area contributed by atoms with Crippen LogP contribution in [-0.4, -0.2) is 69.8 Å². The van der Waals surface area contributed by atoms with Gasteiger partial charge in [0.05, 0.1) is 23.6 Å². The second-order valence-corrected chi connectivity index (χ2v) is 6.11. The number of amides is 1. The lowest BCUT2D eigenvalue weighted by Gasteiger charge is -2.35. The van der Waals surface area contributed by atoms with Crippen LogP contribution in [0.25, 0.3) is 11.3 Å². The molecule has 1 aromatic heterocycles. The molecule has 1 aliphatic heterocycles. The lowest BCUT2D eigenvalue weighted by atomic mass is 10.1. The number of aromatic amines is 1. The highest BCUT2D eigenvalue weighted by Crippen LogP contribution is 2.23. The standard InChI is InChI=1S/C17H21FN4O2/c1-12(23)11-21-6-8-22(9-7-21)17(24)15-10-19-20-16(15)13-2-4-14(18)5-3-13/h2-5,10,12,23H,6-9,11H2,1H3,(H,19,20)/t12-/m0/s1. The van der Waals surface area contributed by atoms with E-state index in [4.69, 9.17) is 0 Å². The van der Waals surface area contributed by atoms with E-state index in [9.17, 15) is 14.3 Å². The Bertz CT molecular complexity index is 691. The SMILES string of the molecule is C[C@H](O)CN1CCN(C(=O)c2cn[nH]c2-c2ccc(F)cc2)CC1. The highest BCUT2D eigenvalue weighted by atomic mass is 19.1. The molecule has 1 amide bonds. The first-order chi connectivity index (χ1) is 11.5. The smallest absolute Gasteiger partial charge is 0.257 e. The molecule has 2 heterocycles. The zero-order valence-electron chi connectivity index (χ0n) is 13.6. The van der Waals surface area contributed by atoms with Gasteiger partial charge in [-0.2, -0.15) is 5.10 Å². The maximum atomic E-state index is 13.1. The average Bonchev–Trinajstić information content (AvgIpc) is 3.04. The zero-order chi connectivity index (χ0) is 17.1. The van der Waals surface area contributed by atoms with Crippen LogP contribution in [0.3, 0.4) is 0 Å². The topological polar surface area (TPSA) is 72.5 Å². The van der Waals surface area contributed by atoms with Crippen LogP contribution in [0.2, 0.25) is 0 Å². The van der Waals surface area contributed by atoms with Gasteiger partial charge < -0.3 is 10.0 Å². The zero-order valence-corrected chi connectivity index (χ0v) is 13.6. The number of carbonyl (C=O) groups excluding carboxylic acids is 1. The molecule has 0 saturated carbocycles. The normalized spacial score (nSPS) is 17.0. The molecule has 1 atom stereocenters. The Morgan fingerprint density at radius 1 is 1.29 bits per heavy atom. The fourth-order valence-electron chi connectivity index (χ4n) is 2.96. The average molecular weight is 332 g/mol. The van der Waals surface area contributed by atoms with Crippen LogP contribution in [0, 0.1) is 5.82 Å². The second-order valence-electron chi connectivity index (χ2n) is 6.11. The molecule has 1 aromatic carbocycles. The van der Waals surface area contributed by atoms with E-state index in [2.05, 4.69) is 15.1 Å². The molecule has 0 bridgehead atoms. The van der Waals surface area contributed by atoms with Crippen molar-refractivity contribution < 1.29 is 14.3 Å². The molecule has 0 spiro atoms.